The molecule has 4 nitrogen and oxygen atoms in total. The standard InChI is InChI=1S/C12H24N2O2/c1-9(7-13)12(16)14-8-11(15)10-5-3-2-4-6-10/h9-11,15H,2-8,13H2,1H3,(H,14,16). The van der Waals surface area contributed by atoms with E-state index in [0.29, 0.717) is 19.0 Å². The van der Waals surface area contributed by atoms with E-state index in [1.165, 1.54) is 19.3 Å². The Hall–Kier alpha value is -0.610. The highest BCUT2D eigenvalue weighted by molar-refractivity contribution is 5.78. The molecular weight excluding hydrogens is 204 g/mol. The lowest BCUT2D eigenvalue weighted by Gasteiger charge is -2.27. The van der Waals surface area contributed by atoms with Crippen molar-refractivity contribution in [2.75, 3.05) is 13.1 Å². The highest BCUT2D eigenvalue weighted by Gasteiger charge is 2.22. The summed E-state index contributed by atoms with van der Waals surface area (Å²) in [6, 6.07) is 0. The minimum absolute atomic E-state index is 0.0580. The molecule has 0 aromatic rings. The summed E-state index contributed by atoms with van der Waals surface area (Å²) in [5.74, 6) is 0.137. The Bertz CT molecular complexity index is 215. The van der Waals surface area contributed by atoms with E-state index in [0.717, 1.165) is 12.8 Å². The van der Waals surface area contributed by atoms with Crippen molar-refractivity contribution >= 4 is 5.91 Å². The lowest BCUT2D eigenvalue weighted by molar-refractivity contribution is -0.124. The fourth-order valence-corrected chi connectivity index (χ4v) is 2.17. The molecular formula is C12H24N2O2. The Morgan fingerprint density at radius 2 is 2.06 bits per heavy atom. The Kier molecular flexibility index (Phi) is 5.77. The second-order valence-corrected chi connectivity index (χ2v) is 4.85. The minimum Gasteiger partial charge on any atom is -0.391 e. The molecule has 0 aromatic heterocycles. The van der Waals surface area contributed by atoms with Gasteiger partial charge in [-0.3, -0.25) is 4.79 Å². The van der Waals surface area contributed by atoms with E-state index in [4.69, 9.17) is 5.73 Å². The van der Waals surface area contributed by atoms with Crippen LogP contribution in [-0.2, 0) is 4.79 Å². The molecule has 94 valence electrons. The third-order valence-corrected chi connectivity index (χ3v) is 3.48. The first-order chi connectivity index (χ1) is 7.65. The topological polar surface area (TPSA) is 75.4 Å². The van der Waals surface area contributed by atoms with Crippen molar-refractivity contribution < 1.29 is 9.90 Å². The molecule has 4 heteroatoms. The predicted octanol–water partition coefficient (Wildman–Crippen LogP) is 0.639. The van der Waals surface area contributed by atoms with Crippen molar-refractivity contribution in [2.24, 2.45) is 17.6 Å². The third kappa shape index (κ3) is 4.10. The lowest BCUT2D eigenvalue weighted by atomic mass is 9.85. The van der Waals surface area contributed by atoms with Crippen molar-refractivity contribution in [3.05, 3.63) is 0 Å². The highest BCUT2D eigenvalue weighted by atomic mass is 16.3. The fraction of sp³-hybridized carbons (Fsp3) is 0.917. The van der Waals surface area contributed by atoms with Crippen molar-refractivity contribution in [1.82, 2.24) is 5.32 Å². The SMILES string of the molecule is CC(CN)C(=O)NCC(O)C1CCCCC1. The van der Waals surface area contributed by atoms with Crippen LogP contribution in [0.4, 0.5) is 0 Å². The first-order valence-electron chi connectivity index (χ1n) is 6.31. The third-order valence-electron chi connectivity index (χ3n) is 3.48. The summed E-state index contributed by atoms with van der Waals surface area (Å²) in [6.07, 6.45) is 5.46. The normalized spacial score (nSPS) is 21.4. The van der Waals surface area contributed by atoms with Gasteiger partial charge in [-0.15, -0.1) is 0 Å². The molecule has 1 fully saturated rings. The van der Waals surface area contributed by atoms with Crippen LogP contribution in [0, 0.1) is 11.8 Å². The van der Waals surface area contributed by atoms with Gasteiger partial charge in [0.25, 0.3) is 0 Å². The van der Waals surface area contributed by atoms with Crippen molar-refractivity contribution in [1.29, 1.82) is 0 Å². The number of amides is 1. The van der Waals surface area contributed by atoms with Gasteiger partial charge in [-0.1, -0.05) is 26.2 Å². The maximum atomic E-state index is 11.5. The van der Waals surface area contributed by atoms with Gasteiger partial charge in [0, 0.05) is 19.0 Å². The second kappa shape index (κ2) is 6.86. The van der Waals surface area contributed by atoms with Crippen molar-refractivity contribution in [3.8, 4) is 0 Å². The smallest absolute Gasteiger partial charge is 0.224 e. The average Bonchev–Trinajstić information content (AvgIpc) is 2.35. The lowest BCUT2D eigenvalue weighted by Crippen LogP contribution is -2.40. The van der Waals surface area contributed by atoms with E-state index in [2.05, 4.69) is 5.32 Å². The molecule has 1 aliphatic carbocycles. The number of nitrogens with one attached hydrogen (secondary N) is 1. The summed E-state index contributed by atoms with van der Waals surface area (Å²) >= 11 is 0. The molecule has 0 heterocycles. The largest absolute Gasteiger partial charge is 0.391 e. The average molecular weight is 228 g/mol. The van der Waals surface area contributed by atoms with E-state index < -0.39 is 6.10 Å². The molecule has 0 aliphatic heterocycles. The van der Waals surface area contributed by atoms with Gasteiger partial charge in [0.2, 0.25) is 5.91 Å². The van der Waals surface area contributed by atoms with Crippen LogP contribution in [0.25, 0.3) is 0 Å². The monoisotopic (exact) mass is 228 g/mol. The van der Waals surface area contributed by atoms with Crippen LogP contribution in [-0.4, -0.2) is 30.2 Å². The Labute approximate surface area is 97.6 Å². The van der Waals surface area contributed by atoms with Gasteiger partial charge in [-0.25, -0.2) is 0 Å². The number of hydrogen-bond donors (Lipinski definition) is 3. The number of aliphatic hydroxyl groups is 1. The molecule has 1 rings (SSSR count). The molecule has 0 aromatic carbocycles. The van der Waals surface area contributed by atoms with E-state index in [1.54, 1.807) is 6.92 Å². The van der Waals surface area contributed by atoms with Crippen LogP contribution in [0.1, 0.15) is 39.0 Å². The van der Waals surface area contributed by atoms with Crippen LogP contribution in [0.5, 0.6) is 0 Å². The zero-order valence-corrected chi connectivity index (χ0v) is 10.1. The van der Waals surface area contributed by atoms with E-state index in [-0.39, 0.29) is 11.8 Å². The van der Waals surface area contributed by atoms with E-state index >= 15 is 0 Å². The maximum absolute atomic E-state index is 11.5. The van der Waals surface area contributed by atoms with Crippen molar-refractivity contribution in [2.45, 2.75) is 45.1 Å². The van der Waals surface area contributed by atoms with Crippen molar-refractivity contribution in [3.63, 3.8) is 0 Å². The molecule has 2 unspecified atom stereocenters. The van der Waals surface area contributed by atoms with Gasteiger partial charge in [-0.2, -0.15) is 0 Å². The number of rotatable bonds is 5. The van der Waals surface area contributed by atoms with Crippen LogP contribution in [0.2, 0.25) is 0 Å². The van der Waals surface area contributed by atoms with Gasteiger partial charge >= 0.3 is 0 Å². The number of hydrogen-bond acceptors (Lipinski definition) is 3. The predicted molar refractivity (Wildman–Crippen MR) is 63.8 cm³/mol. The summed E-state index contributed by atoms with van der Waals surface area (Å²) < 4.78 is 0. The summed E-state index contributed by atoms with van der Waals surface area (Å²) in [5.41, 5.74) is 5.40. The van der Waals surface area contributed by atoms with E-state index in [1.807, 2.05) is 0 Å². The Balaban J connectivity index is 2.23. The van der Waals surface area contributed by atoms with Crippen LogP contribution in [0.3, 0.4) is 0 Å². The van der Waals surface area contributed by atoms with Gasteiger partial charge in [0.05, 0.1) is 6.10 Å². The highest BCUT2D eigenvalue weighted by Crippen LogP contribution is 2.26. The van der Waals surface area contributed by atoms with E-state index in [9.17, 15) is 9.90 Å². The molecule has 0 bridgehead atoms. The number of nitrogens with two attached hydrogens (primary N) is 1. The molecule has 2 atom stereocenters. The fourth-order valence-electron chi connectivity index (χ4n) is 2.17. The summed E-state index contributed by atoms with van der Waals surface area (Å²) in [7, 11) is 0. The molecule has 1 aliphatic rings. The van der Waals surface area contributed by atoms with Crippen LogP contribution in [0.15, 0.2) is 0 Å². The van der Waals surface area contributed by atoms with Gasteiger partial charge < -0.3 is 16.2 Å². The first kappa shape index (κ1) is 13.5. The molecule has 1 amide bonds. The summed E-state index contributed by atoms with van der Waals surface area (Å²) in [5, 5.41) is 12.7. The van der Waals surface area contributed by atoms with Gasteiger partial charge in [-0.05, 0) is 18.8 Å². The first-order valence-corrected chi connectivity index (χ1v) is 6.31. The second-order valence-electron chi connectivity index (χ2n) is 4.85. The number of aliphatic hydroxyl groups excluding tert-OH is 1. The zero-order chi connectivity index (χ0) is 12.0. The molecule has 0 radical (unpaired) electrons. The van der Waals surface area contributed by atoms with Crippen LogP contribution < -0.4 is 11.1 Å². The van der Waals surface area contributed by atoms with Crippen LogP contribution >= 0.6 is 0 Å². The Morgan fingerprint density at radius 3 is 2.62 bits per heavy atom. The zero-order valence-electron chi connectivity index (χ0n) is 10.1. The molecule has 1 saturated carbocycles. The Morgan fingerprint density at radius 1 is 1.44 bits per heavy atom. The number of carbonyl (C=O) groups is 1. The molecule has 16 heavy (non-hydrogen) atoms. The molecule has 0 spiro atoms. The summed E-state index contributed by atoms with van der Waals surface area (Å²) in [6.45, 7) is 2.52. The van der Waals surface area contributed by atoms with Gasteiger partial charge in [0.15, 0.2) is 0 Å². The minimum atomic E-state index is -0.394. The van der Waals surface area contributed by atoms with Gasteiger partial charge in [0.1, 0.15) is 0 Å². The molecule has 4 N–H and O–H groups in total. The number of carbonyl (C=O) groups excluding carboxylic acids is 1. The maximum Gasteiger partial charge on any atom is 0.224 e. The quantitative estimate of drug-likeness (QED) is 0.646. The molecule has 0 saturated heterocycles. The summed E-state index contributed by atoms with van der Waals surface area (Å²) in [4.78, 5) is 11.5.